The van der Waals surface area contributed by atoms with Gasteiger partial charge in [0.05, 0.1) is 17.7 Å². The summed E-state index contributed by atoms with van der Waals surface area (Å²) < 4.78 is 33.7. The Kier molecular flexibility index (Phi) is 5.14. The SMILES string of the molecule is COc1ccccc1NS(=O)(=O)c1ccc2c(c1)C(C)(C)CN2C(=O)C(C)C. The lowest BCUT2D eigenvalue weighted by Gasteiger charge is -2.22. The molecule has 0 unspecified atom stereocenters. The van der Waals surface area contributed by atoms with E-state index < -0.39 is 10.0 Å². The van der Waals surface area contributed by atoms with Crippen molar-refractivity contribution in [1.29, 1.82) is 0 Å². The van der Waals surface area contributed by atoms with Crippen LogP contribution in [0.2, 0.25) is 0 Å². The smallest absolute Gasteiger partial charge is 0.262 e. The standard InChI is InChI=1S/C21H26N2O4S/c1-14(2)20(24)23-13-21(3,4)16-12-15(10-11-18(16)23)28(25,26)22-17-8-6-7-9-19(17)27-5/h6-12,14,22H,13H2,1-5H3. The summed E-state index contributed by atoms with van der Waals surface area (Å²) in [6.07, 6.45) is 0. The van der Waals surface area contributed by atoms with Crippen molar-refractivity contribution in [2.75, 3.05) is 23.3 Å². The van der Waals surface area contributed by atoms with Gasteiger partial charge in [0.2, 0.25) is 5.91 Å². The Morgan fingerprint density at radius 1 is 1.18 bits per heavy atom. The molecule has 0 bridgehead atoms. The van der Waals surface area contributed by atoms with E-state index in [1.54, 1.807) is 47.4 Å². The number of carbonyl (C=O) groups is 1. The number of rotatable bonds is 5. The number of nitrogens with zero attached hydrogens (tertiary/aromatic N) is 1. The Morgan fingerprint density at radius 3 is 2.50 bits per heavy atom. The number of anilines is 2. The van der Waals surface area contributed by atoms with Gasteiger partial charge in [-0.3, -0.25) is 9.52 Å². The molecule has 0 aromatic heterocycles. The van der Waals surface area contributed by atoms with Crippen molar-refractivity contribution in [3.05, 3.63) is 48.0 Å². The molecule has 150 valence electrons. The van der Waals surface area contributed by atoms with Crippen LogP contribution in [0.3, 0.4) is 0 Å². The number of hydrogen-bond donors (Lipinski definition) is 1. The Labute approximate surface area is 166 Å². The second-order valence-corrected chi connectivity index (χ2v) is 9.63. The normalized spacial score (nSPS) is 15.4. The van der Waals surface area contributed by atoms with E-state index >= 15 is 0 Å². The van der Waals surface area contributed by atoms with Gasteiger partial charge < -0.3 is 9.64 Å². The lowest BCUT2D eigenvalue weighted by molar-refractivity contribution is -0.121. The molecular weight excluding hydrogens is 376 g/mol. The second-order valence-electron chi connectivity index (χ2n) is 7.95. The van der Waals surface area contributed by atoms with Crippen molar-refractivity contribution >= 4 is 27.3 Å². The predicted octanol–water partition coefficient (Wildman–Crippen LogP) is 3.78. The van der Waals surface area contributed by atoms with Crippen molar-refractivity contribution in [3.63, 3.8) is 0 Å². The van der Waals surface area contributed by atoms with Gasteiger partial charge in [-0.25, -0.2) is 8.42 Å². The molecule has 0 fully saturated rings. The molecule has 2 aromatic rings. The highest BCUT2D eigenvalue weighted by atomic mass is 32.2. The van der Waals surface area contributed by atoms with Gasteiger partial charge in [0.15, 0.2) is 0 Å². The molecule has 3 rings (SSSR count). The number of ether oxygens (including phenoxy) is 1. The molecule has 1 aliphatic rings. The molecule has 0 saturated carbocycles. The minimum Gasteiger partial charge on any atom is -0.495 e. The third-order valence-electron chi connectivity index (χ3n) is 4.96. The molecule has 1 aliphatic heterocycles. The van der Waals surface area contributed by atoms with Crippen LogP contribution in [0, 0.1) is 5.92 Å². The number of sulfonamides is 1. The highest BCUT2D eigenvalue weighted by Gasteiger charge is 2.39. The highest BCUT2D eigenvalue weighted by Crippen LogP contribution is 2.42. The van der Waals surface area contributed by atoms with Gasteiger partial charge in [-0.1, -0.05) is 39.8 Å². The van der Waals surface area contributed by atoms with E-state index in [0.717, 1.165) is 11.3 Å². The van der Waals surface area contributed by atoms with Crippen LogP contribution in [-0.4, -0.2) is 28.0 Å². The third kappa shape index (κ3) is 3.58. The van der Waals surface area contributed by atoms with Crippen LogP contribution in [0.15, 0.2) is 47.4 Å². The van der Waals surface area contributed by atoms with Crippen LogP contribution in [0.25, 0.3) is 0 Å². The van der Waals surface area contributed by atoms with Gasteiger partial charge in [-0.15, -0.1) is 0 Å². The number of benzene rings is 2. The summed E-state index contributed by atoms with van der Waals surface area (Å²) in [6, 6.07) is 11.8. The maximum atomic E-state index is 13.0. The molecule has 0 saturated heterocycles. The molecule has 1 heterocycles. The first-order valence-corrected chi connectivity index (χ1v) is 10.7. The third-order valence-corrected chi connectivity index (χ3v) is 6.33. The first-order valence-electron chi connectivity index (χ1n) is 9.18. The number of para-hydroxylation sites is 2. The molecule has 1 amide bonds. The second kappa shape index (κ2) is 7.13. The Morgan fingerprint density at radius 2 is 1.86 bits per heavy atom. The van der Waals surface area contributed by atoms with Crippen molar-refractivity contribution in [2.45, 2.75) is 38.0 Å². The van der Waals surface area contributed by atoms with Crippen molar-refractivity contribution in [3.8, 4) is 5.75 Å². The molecule has 0 aliphatic carbocycles. The van der Waals surface area contributed by atoms with Gasteiger partial charge >= 0.3 is 0 Å². The summed E-state index contributed by atoms with van der Waals surface area (Å²) in [7, 11) is -2.31. The zero-order valence-electron chi connectivity index (χ0n) is 16.8. The van der Waals surface area contributed by atoms with E-state index in [1.807, 2.05) is 27.7 Å². The van der Waals surface area contributed by atoms with E-state index in [2.05, 4.69) is 4.72 Å². The van der Waals surface area contributed by atoms with Crippen LogP contribution in [0.5, 0.6) is 5.75 Å². The average molecular weight is 403 g/mol. The minimum atomic E-state index is -3.81. The number of amides is 1. The van der Waals surface area contributed by atoms with Gasteiger partial charge in [-0.2, -0.15) is 0 Å². The number of methoxy groups -OCH3 is 1. The number of carbonyl (C=O) groups excluding carboxylic acids is 1. The molecule has 6 nitrogen and oxygen atoms in total. The van der Waals surface area contributed by atoms with Crippen LogP contribution < -0.4 is 14.4 Å². The topological polar surface area (TPSA) is 75.7 Å². The highest BCUT2D eigenvalue weighted by molar-refractivity contribution is 7.92. The van der Waals surface area contributed by atoms with E-state index in [9.17, 15) is 13.2 Å². The van der Waals surface area contributed by atoms with E-state index in [-0.39, 0.29) is 22.1 Å². The summed E-state index contributed by atoms with van der Waals surface area (Å²) >= 11 is 0. The molecule has 7 heteroatoms. The monoisotopic (exact) mass is 402 g/mol. The maximum Gasteiger partial charge on any atom is 0.262 e. The molecule has 2 aromatic carbocycles. The summed E-state index contributed by atoms with van der Waals surface area (Å²) in [6.45, 7) is 8.29. The fraction of sp³-hybridized carbons (Fsp3) is 0.381. The Balaban J connectivity index is 2.00. The van der Waals surface area contributed by atoms with E-state index in [0.29, 0.717) is 18.0 Å². The molecular formula is C21H26N2O4S. The molecule has 1 N–H and O–H groups in total. The lowest BCUT2D eigenvalue weighted by atomic mass is 9.87. The summed E-state index contributed by atoms with van der Waals surface area (Å²) in [5.41, 5.74) is 1.67. The summed E-state index contributed by atoms with van der Waals surface area (Å²) in [4.78, 5) is 14.5. The van der Waals surface area contributed by atoms with E-state index in [1.165, 1.54) is 7.11 Å². The zero-order chi connectivity index (χ0) is 20.7. The van der Waals surface area contributed by atoms with Crippen molar-refractivity contribution < 1.29 is 17.9 Å². The van der Waals surface area contributed by atoms with Gasteiger partial charge in [0, 0.05) is 23.6 Å². The van der Waals surface area contributed by atoms with Gasteiger partial charge in [0.25, 0.3) is 10.0 Å². The van der Waals surface area contributed by atoms with E-state index in [4.69, 9.17) is 4.74 Å². The fourth-order valence-electron chi connectivity index (χ4n) is 3.47. The maximum absolute atomic E-state index is 13.0. The summed E-state index contributed by atoms with van der Waals surface area (Å²) in [5, 5.41) is 0. The van der Waals surface area contributed by atoms with Crippen molar-refractivity contribution in [2.24, 2.45) is 5.92 Å². The van der Waals surface area contributed by atoms with Crippen LogP contribution in [-0.2, 0) is 20.2 Å². The van der Waals surface area contributed by atoms with Gasteiger partial charge in [-0.05, 0) is 35.9 Å². The minimum absolute atomic E-state index is 0.0366. The molecule has 0 spiro atoms. The van der Waals surface area contributed by atoms with Gasteiger partial charge in [0.1, 0.15) is 5.75 Å². The number of hydrogen-bond acceptors (Lipinski definition) is 4. The van der Waals surface area contributed by atoms with Crippen LogP contribution >= 0.6 is 0 Å². The average Bonchev–Trinajstić information content (AvgIpc) is 2.92. The fourth-order valence-corrected chi connectivity index (χ4v) is 4.56. The number of nitrogens with one attached hydrogen (secondary N) is 1. The van der Waals surface area contributed by atoms with Crippen LogP contribution in [0.1, 0.15) is 33.3 Å². The van der Waals surface area contributed by atoms with Crippen LogP contribution in [0.4, 0.5) is 11.4 Å². The zero-order valence-corrected chi connectivity index (χ0v) is 17.6. The quantitative estimate of drug-likeness (QED) is 0.826. The first-order chi connectivity index (χ1) is 13.1. The number of fused-ring (bicyclic) bond motifs is 1. The van der Waals surface area contributed by atoms with Crippen molar-refractivity contribution in [1.82, 2.24) is 0 Å². The molecule has 0 radical (unpaired) electrons. The Hall–Kier alpha value is -2.54. The predicted molar refractivity (Wildman–Crippen MR) is 110 cm³/mol. The largest absolute Gasteiger partial charge is 0.495 e. The first kappa shape index (κ1) is 20.2. The molecule has 0 atom stereocenters. The lowest BCUT2D eigenvalue weighted by Crippen LogP contribution is -2.36. The molecule has 28 heavy (non-hydrogen) atoms. The summed E-state index contributed by atoms with van der Waals surface area (Å²) in [5.74, 6) is 0.355. The Bertz CT molecular complexity index is 1010.